The number of hydrogen-bond acceptors (Lipinski definition) is 6. The van der Waals surface area contributed by atoms with Gasteiger partial charge in [-0.2, -0.15) is 0 Å². The van der Waals surface area contributed by atoms with E-state index >= 15 is 0 Å². The number of ketones is 1. The van der Waals surface area contributed by atoms with Gasteiger partial charge in [0.25, 0.3) is 0 Å². The number of amides is 1. The monoisotopic (exact) mass is 435 g/mol. The van der Waals surface area contributed by atoms with Crippen molar-refractivity contribution in [1.82, 2.24) is 4.90 Å². The Kier molecular flexibility index (Phi) is 10.1. The highest BCUT2D eigenvalue weighted by molar-refractivity contribution is 6.10. The van der Waals surface area contributed by atoms with Crippen LogP contribution in [0, 0.1) is 0 Å². The molecule has 0 saturated heterocycles. The largest absolute Gasteiger partial charge is 0.480 e. The molecule has 0 heterocycles. The first-order valence-corrected chi connectivity index (χ1v) is 9.70. The van der Waals surface area contributed by atoms with Gasteiger partial charge >= 0.3 is 11.9 Å². The van der Waals surface area contributed by atoms with E-state index in [1.165, 1.54) is 0 Å². The fourth-order valence-electron chi connectivity index (χ4n) is 3.39. The van der Waals surface area contributed by atoms with Crippen LogP contribution in [0.2, 0.25) is 0 Å². The molecule has 170 valence electrons. The van der Waals surface area contributed by atoms with Crippen molar-refractivity contribution >= 4 is 29.6 Å². The topological polar surface area (TPSA) is 202 Å². The minimum Gasteiger partial charge on any atom is -0.480 e. The molecule has 0 spiro atoms. The van der Waals surface area contributed by atoms with Crippen LogP contribution in [0.25, 0.3) is 0 Å². The van der Waals surface area contributed by atoms with Gasteiger partial charge in [-0.05, 0) is 31.2 Å². The fraction of sp³-hybridized carbons (Fsp3) is 0.450. The average molecular weight is 435 g/mol. The van der Waals surface area contributed by atoms with E-state index in [2.05, 4.69) is 4.99 Å². The van der Waals surface area contributed by atoms with Crippen molar-refractivity contribution in [2.24, 2.45) is 22.2 Å². The van der Waals surface area contributed by atoms with Crippen LogP contribution in [-0.2, 0) is 25.6 Å². The van der Waals surface area contributed by atoms with Crippen molar-refractivity contribution < 1.29 is 29.4 Å². The third-order valence-electron chi connectivity index (χ3n) is 4.76. The SMILES string of the molecule is NC(=O)[C@@](CCCN=C(N)N)(C(=O)CCCc1ccccc1)N(CC(=O)O)CC(=O)O. The van der Waals surface area contributed by atoms with Gasteiger partial charge in [-0.1, -0.05) is 30.3 Å². The lowest BCUT2D eigenvalue weighted by Gasteiger charge is -2.38. The molecule has 11 nitrogen and oxygen atoms in total. The fourth-order valence-corrected chi connectivity index (χ4v) is 3.39. The normalized spacial score (nSPS) is 12.7. The summed E-state index contributed by atoms with van der Waals surface area (Å²) in [6, 6.07) is 9.36. The van der Waals surface area contributed by atoms with E-state index in [1.807, 2.05) is 30.3 Å². The molecule has 0 unspecified atom stereocenters. The van der Waals surface area contributed by atoms with Gasteiger partial charge in [0.2, 0.25) is 5.91 Å². The van der Waals surface area contributed by atoms with E-state index in [1.54, 1.807) is 0 Å². The van der Waals surface area contributed by atoms with Crippen LogP contribution in [0.5, 0.6) is 0 Å². The number of guanidine groups is 1. The number of carbonyl (C=O) groups excluding carboxylic acids is 2. The number of rotatable bonds is 15. The molecular formula is C20H29N5O6. The van der Waals surface area contributed by atoms with Gasteiger partial charge in [0.1, 0.15) is 0 Å². The molecule has 1 atom stereocenters. The van der Waals surface area contributed by atoms with Gasteiger partial charge < -0.3 is 27.4 Å². The number of carboxylic acid groups (broad SMARTS) is 2. The second-order valence-electron chi connectivity index (χ2n) is 7.04. The quantitative estimate of drug-likeness (QED) is 0.102. The zero-order valence-corrected chi connectivity index (χ0v) is 17.2. The van der Waals surface area contributed by atoms with Gasteiger partial charge in [-0.3, -0.25) is 29.1 Å². The molecule has 1 aromatic rings. The maximum absolute atomic E-state index is 13.2. The van der Waals surface area contributed by atoms with Crippen molar-refractivity contribution in [2.45, 2.75) is 37.6 Å². The summed E-state index contributed by atoms with van der Waals surface area (Å²) < 4.78 is 0. The van der Waals surface area contributed by atoms with Crippen LogP contribution >= 0.6 is 0 Å². The first-order chi connectivity index (χ1) is 14.6. The molecule has 0 saturated carbocycles. The van der Waals surface area contributed by atoms with E-state index in [0.29, 0.717) is 12.8 Å². The number of nitrogens with two attached hydrogens (primary N) is 3. The standard InChI is InChI=1S/C20H29N5O6/c21-18(31)20(10-5-11-24-19(22)23,25(12-16(27)28)13-17(29)30)15(26)9-4-8-14-6-2-1-3-7-14/h1-3,6-7H,4-5,8-13H2,(H2,21,31)(H,27,28)(H,29,30)(H4,22,23,24)/t20-/m1/s1. The minimum atomic E-state index is -2.10. The van der Waals surface area contributed by atoms with E-state index in [9.17, 15) is 29.4 Å². The van der Waals surface area contributed by atoms with Crippen molar-refractivity contribution in [2.75, 3.05) is 19.6 Å². The van der Waals surface area contributed by atoms with Gasteiger partial charge in [0.05, 0.1) is 13.1 Å². The van der Waals surface area contributed by atoms with Crippen LogP contribution in [0.3, 0.4) is 0 Å². The first-order valence-electron chi connectivity index (χ1n) is 9.70. The summed E-state index contributed by atoms with van der Waals surface area (Å²) in [6.45, 7) is -1.63. The lowest BCUT2D eigenvalue weighted by Crippen LogP contribution is -2.64. The number of primary amides is 1. The van der Waals surface area contributed by atoms with Crippen molar-refractivity contribution in [3.05, 3.63) is 35.9 Å². The molecule has 0 bridgehead atoms. The lowest BCUT2D eigenvalue weighted by molar-refractivity contribution is -0.152. The van der Waals surface area contributed by atoms with E-state index in [4.69, 9.17) is 17.2 Å². The van der Waals surface area contributed by atoms with Gasteiger partial charge in [0.15, 0.2) is 17.3 Å². The summed E-state index contributed by atoms with van der Waals surface area (Å²) in [7, 11) is 0. The molecule has 0 aliphatic carbocycles. The summed E-state index contributed by atoms with van der Waals surface area (Å²) in [5, 5.41) is 18.5. The zero-order chi connectivity index (χ0) is 23.4. The summed E-state index contributed by atoms with van der Waals surface area (Å²) in [5.74, 6) is -4.72. The summed E-state index contributed by atoms with van der Waals surface area (Å²) in [5.41, 5.74) is 15.0. The van der Waals surface area contributed by atoms with Gasteiger partial charge in [-0.15, -0.1) is 0 Å². The molecular weight excluding hydrogens is 406 g/mol. The molecule has 11 heteroatoms. The predicted molar refractivity (Wildman–Crippen MR) is 113 cm³/mol. The number of carbonyl (C=O) groups is 4. The molecule has 1 amide bonds. The highest BCUT2D eigenvalue weighted by Crippen LogP contribution is 2.26. The van der Waals surface area contributed by atoms with E-state index < -0.39 is 42.3 Å². The maximum atomic E-state index is 13.2. The Balaban J connectivity index is 3.16. The third kappa shape index (κ3) is 8.05. The number of aliphatic carboxylic acids is 2. The van der Waals surface area contributed by atoms with Crippen molar-refractivity contribution in [1.29, 1.82) is 0 Å². The second kappa shape index (κ2) is 12.3. The maximum Gasteiger partial charge on any atom is 0.317 e. The van der Waals surface area contributed by atoms with Crippen LogP contribution < -0.4 is 17.2 Å². The second-order valence-corrected chi connectivity index (χ2v) is 7.04. The van der Waals surface area contributed by atoms with Crippen LogP contribution in [0.1, 0.15) is 31.2 Å². The van der Waals surface area contributed by atoms with Crippen molar-refractivity contribution in [3.8, 4) is 0 Å². The molecule has 0 aromatic heterocycles. The average Bonchev–Trinajstić information content (AvgIpc) is 2.67. The van der Waals surface area contributed by atoms with E-state index in [-0.39, 0.29) is 31.8 Å². The Labute approximate surface area is 179 Å². The molecule has 31 heavy (non-hydrogen) atoms. The number of carboxylic acids is 2. The molecule has 1 aromatic carbocycles. The Morgan fingerprint density at radius 2 is 1.52 bits per heavy atom. The zero-order valence-electron chi connectivity index (χ0n) is 17.2. The smallest absolute Gasteiger partial charge is 0.317 e. The Morgan fingerprint density at radius 3 is 2.00 bits per heavy atom. The molecule has 1 rings (SSSR count). The number of benzene rings is 1. The van der Waals surface area contributed by atoms with Crippen molar-refractivity contribution in [3.63, 3.8) is 0 Å². The highest BCUT2D eigenvalue weighted by Gasteiger charge is 2.49. The first kappa shape index (κ1) is 25.6. The van der Waals surface area contributed by atoms with Gasteiger partial charge in [-0.25, -0.2) is 0 Å². The van der Waals surface area contributed by atoms with Crippen LogP contribution in [0.4, 0.5) is 0 Å². The van der Waals surface area contributed by atoms with E-state index in [0.717, 1.165) is 10.5 Å². The molecule has 0 fully saturated rings. The summed E-state index contributed by atoms with van der Waals surface area (Å²) in [6.07, 6.45) is 0.730. The Bertz CT molecular complexity index is 794. The Hall–Kier alpha value is -3.47. The third-order valence-corrected chi connectivity index (χ3v) is 4.76. The Morgan fingerprint density at radius 1 is 0.935 bits per heavy atom. The molecule has 0 aliphatic heterocycles. The lowest BCUT2D eigenvalue weighted by atomic mass is 9.82. The molecule has 0 radical (unpaired) electrons. The summed E-state index contributed by atoms with van der Waals surface area (Å²) >= 11 is 0. The predicted octanol–water partition coefficient (Wildman–Crippen LogP) is -0.673. The minimum absolute atomic E-state index is 0.0582. The van der Waals surface area contributed by atoms with Gasteiger partial charge in [0, 0.05) is 13.0 Å². The number of aryl methyl sites for hydroxylation is 1. The van der Waals surface area contributed by atoms with Crippen LogP contribution in [0.15, 0.2) is 35.3 Å². The van der Waals surface area contributed by atoms with Crippen LogP contribution in [-0.4, -0.2) is 69.9 Å². The highest BCUT2D eigenvalue weighted by atomic mass is 16.4. The molecule has 0 aliphatic rings. The number of hydrogen-bond donors (Lipinski definition) is 5. The number of Topliss-reactive ketones (excluding diaryl/α,β-unsaturated/α-hetero) is 1. The number of nitrogens with zero attached hydrogens (tertiary/aromatic N) is 2. The summed E-state index contributed by atoms with van der Waals surface area (Å²) in [4.78, 5) is 53.0. The number of aliphatic imine (C=N–C) groups is 1. The molecule has 8 N–H and O–H groups in total.